The summed E-state index contributed by atoms with van der Waals surface area (Å²) < 4.78 is 23.0. The number of aliphatic hydroxyl groups excluding tert-OH is 1. The smallest absolute Gasteiger partial charge is 0.154 e. The van der Waals surface area contributed by atoms with Crippen LogP contribution in [-0.2, 0) is 9.84 Å². The molecule has 0 spiro atoms. The molecule has 0 aromatic carbocycles. The SMILES string of the molecule is CC(C)CC1(CNC2CS(=O)(=O)CC2O)CCCC1. The van der Waals surface area contributed by atoms with E-state index in [1.54, 1.807) is 0 Å². The minimum absolute atomic E-state index is 0.0815. The van der Waals surface area contributed by atoms with Crippen LogP contribution >= 0.6 is 0 Å². The minimum atomic E-state index is -3.05. The quantitative estimate of drug-likeness (QED) is 0.801. The number of sulfone groups is 1. The lowest BCUT2D eigenvalue weighted by atomic mass is 9.78. The molecule has 2 atom stereocenters. The minimum Gasteiger partial charge on any atom is -0.390 e. The monoisotopic (exact) mass is 289 g/mol. The molecule has 2 N–H and O–H groups in total. The van der Waals surface area contributed by atoms with E-state index in [0.717, 1.165) is 6.54 Å². The Labute approximate surface area is 116 Å². The van der Waals surface area contributed by atoms with Crippen molar-refractivity contribution in [2.75, 3.05) is 18.1 Å². The maximum Gasteiger partial charge on any atom is 0.154 e. The number of aliphatic hydroxyl groups is 1. The van der Waals surface area contributed by atoms with Gasteiger partial charge in [-0.15, -0.1) is 0 Å². The molecule has 0 aromatic heterocycles. The van der Waals surface area contributed by atoms with E-state index in [1.165, 1.54) is 32.1 Å². The summed E-state index contributed by atoms with van der Waals surface area (Å²) in [5.41, 5.74) is 0.320. The molecule has 5 heteroatoms. The second kappa shape index (κ2) is 5.70. The summed E-state index contributed by atoms with van der Waals surface area (Å²) in [6, 6.07) is -0.269. The maximum absolute atomic E-state index is 11.5. The predicted molar refractivity (Wildman–Crippen MR) is 76.8 cm³/mol. The molecule has 4 nitrogen and oxygen atoms in total. The van der Waals surface area contributed by atoms with E-state index < -0.39 is 15.9 Å². The Balaban J connectivity index is 1.93. The molecule has 1 aliphatic heterocycles. The molecule has 1 aliphatic carbocycles. The van der Waals surface area contributed by atoms with Gasteiger partial charge in [-0.3, -0.25) is 0 Å². The van der Waals surface area contributed by atoms with Crippen molar-refractivity contribution in [1.29, 1.82) is 0 Å². The Morgan fingerprint density at radius 2 is 1.89 bits per heavy atom. The largest absolute Gasteiger partial charge is 0.390 e. The normalized spacial score (nSPS) is 33.1. The Bertz CT molecular complexity index is 399. The molecule has 0 amide bonds. The van der Waals surface area contributed by atoms with Gasteiger partial charge in [0.05, 0.1) is 17.6 Å². The van der Waals surface area contributed by atoms with Gasteiger partial charge in [0.15, 0.2) is 9.84 Å². The van der Waals surface area contributed by atoms with Crippen LogP contribution in [0.4, 0.5) is 0 Å². The summed E-state index contributed by atoms with van der Waals surface area (Å²) in [5, 5.41) is 13.2. The molecule has 2 aliphatic rings. The molecule has 1 saturated heterocycles. The van der Waals surface area contributed by atoms with E-state index in [-0.39, 0.29) is 17.5 Å². The molecule has 2 rings (SSSR count). The number of nitrogens with one attached hydrogen (secondary N) is 1. The van der Waals surface area contributed by atoms with Crippen LogP contribution in [0.5, 0.6) is 0 Å². The zero-order valence-corrected chi connectivity index (χ0v) is 12.9. The second-order valence-corrected chi connectivity index (χ2v) is 9.09. The van der Waals surface area contributed by atoms with Crippen molar-refractivity contribution in [2.24, 2.45) is 11.3 Å². The van der Waals surface area contributed by atoms with Crippen molar-refractivity contribution in [3.63, 3.8) is 0 Å². The van der Waals surface area contributed by atoms with Gasteiger partial charge in [-0.2, -0.15) is 0 Å². The van der Waals surface area contributed by atoms with Gasteiger partial charge in [-0.25, -0.2) is 8.42 Å². The van der Waals surface area contributed by atoms with E-state index >= 15 is 0 Å². The number of rotatable bonds is 5. The summed E-state index contributed by atoms with van der Waals surface area (Å²) in [6.07, 6.45) is 5.47. The highest BCUT2D eigenvalue weighted by atomic mass is 32.2. The molecular formula is C14H27NO3S. The Morgan fingerprint density at radius 3 is 2.37 bits per heavy atom. The Hall–Kier alpha value is -0.130. The second-order valence-electron chi connectivity index (χ2n) is 6.94. The summed E-state index contributed by atoms with van der Waals surface area (Å²) in [4.78, 5) is 0. The summed E-state index contributed by atoms with van der Waals surface area (Å²) in [5.74, 6) is 0.672. The molecule has 1 saturated carbocycles. The third kappa shape index (κ3) is 3.92. The molecule has 2 unspecified atom stereocenters. The van der Waals surface area contributed by atoms with Crippen LogP contribution in [0.15, 0.2) is 0 Å². The zero-order chi connectivity index (χ0) is 14.1. The van der Waals surface area contributed by atoms with Crippen LogP contribution < -0.4 is 5.32 Å². The van der Waals surface area contributed by atoms with Gasteiger partial charge in [0.25, 0.3) is 0 Å². The third-order valence-electron chi connectivity index (χ3n) is 4.57. The summed E-state index contributed by atoms with van der Waals surface area (Å²) in [7, 11) is -3.05. The highest BCUT2D eigenvalue weighted by Crippen LogP contribution is 2.42. The van der Waals surface area contributed by atoms with Crippen LogP contribution in [0, 0.1) is 11.3 Å². The average molecular weight is 289 g/mol. The lowest BCUT2D eigenvalue weighted by Gasteiger charge is -2.33. The Kier molecular flexibility index (Phi) is 4.58. The van der Waals surface area contributed by atoms with Crippen molar-refractivity contribution in [3.05, 3.63) is 0 Å². The van der Waals surface area contributed by atoms with Crippen molar-refractivity contribution in [1.82, 2.24) is 5.32 Å². The van der Waals surface area contributed by atoms with E-state index in [4.69, 9.17) is 0 Å². The van der Waals surface area contributed by atoms with Crippen molar-refractivity contribution < 1.29 is 13.5 Å². The first-order chi connectivity index (χ1) is 8.82. The van der Waals surface area contributed by atoms with E-state index in [2.05, 4.69) is 19.2 Å². The van der Waals surface area contributed by atoms with Crippen molar-refractivity contribution in [2.45, 2.75) is 58.1 Å². The molecule has 112 valence electrons. The van der Waals surface area contributed by atoms with Crippen LogP contribution in [0.25, 0.3) is 0 Å². The summed E-state index contributed by atoms with van der Waals surface area (Å²) >= 11 is 0. The molecule has 0 bridgehead atoms. The van der Waals surface area contributed by atoms with Gasteiger partial charge >= 0.3 is 0 Å². The highest BCUT2D eigenvalue weighted by molar-refractivity contribution is 7.91. The van der Waals surface area contributed by atoms with Crippen molar-refractivity contribution in [3.8, 4) is 0 Å². The topological polar surface area (TPSA) is 66.4 Å². The predicted octanol–water partition coefficient (Wildman–Crippen LogP) is 1.34. The Morgan fingerprint density at radius 1 is 1.26 bits per heavy atom. The van der Waals surface area contributed by atoms with Gasteiger partial charge in [0.2, 0.25) is 0 Å². The molecule has 1 heterocycles. The first-order valence-corrected chi connectivity index (χ1v) is 9.26. The van der Waals surface area contributed by atoms with Gasteiger partial charge in [0, 0.05) is 12.6 Å². The van der Waals surface area contributed by atoms with Crippen LogP contribution in [-0.4, -0.2) is 43.7 Å². The average Bonchev–Trinajstić information content (AvgIpc) is 2.80. The van der Waals surface area contributed by atoms with Crippen LogP contribution in [0.2, 0.25) is 0 Å². The van der Waals surface area contributed by atoms with E-state index in [0.29, 0.717) is 11.3 Å². The number of hydrogen-bond donors (Lipinski definition) is 2. The van der Waals surface area contributed by atoms with Crippen molar-refractivity contribution >= 4 is 9.84 Å². The fourth-order valence-corrected chi connectivity index (χ4v) is 5.59. The van der Waals surface area contributed by atoms with Crippen LogP contribution in [0.1, 0.15) is 46.0 Å². The van der Waals surface area contributed by atoms with Gasteiger partial charge in [-0.1, -0.05) is 26.7 Å². The fraction of sp³-hybridized carbons (Fsp3) is 1.00. The fourth-order valence-electron chi connectivity index (χ4n) is 3.82. The first-order valence-electron chi connectivity index (χ1n) is 7.44. The molecule has 19 heavy (non-hydrogen) atoms. The standard InChI is InChI=1S/C14H27NO3S/c1-11(2)7-14(5-3-4-6-14)10-15-12-8-19(17,18)9-13(12)16/h11-13,15-16H,3-10H2,1-2H3. The summed E-state index contributed by atoms with van der Waals surface area (Å²) in [6.45, 7) is 5.34. The first kappa shape index (κ1) is 15.3. The third-order valence-corrected chi connectivity index (χ3v) is 6.28. The van der Waals surface area contributed by atoms with E-state index in [1.807, 2.05) is 0 Å². The lowest BCUT2D eigenvalue weighted by Crippen LogP contribution is -2.44. The van der Waals surface area contributed by atoms with Gasteiger partial charge < -0.3 is 10.4 Å². The van der Waals surface area contributed by atoms with Gasteiger partial charge in [-0.05, 0) is 30.6 Å². The zero-order valence-electron chi connectivity index (χ0n) is 12.1. The molecule has 2 fully saturated rings. The van der Waals surface area contributed by atoms with E-state index in [9.17, 15) is 13.5 Å². The lowest BCUT2D eigenvalue weighted by molar-refractivity contribution is 0.146. The molecular weight excluding hydrogens is 262 g/mol. The maximum atomic E-state index is 11.5. The molecule has 0 radical (unpaired) electrons. The number of hydrogen-bond acceptors (Lipinski definition) is 4. The van der Waals surface area contributed by atoms with Gasteiger partial charge in [0.1, 0.15) is 0 Å². The molecule has 0 aromatic rings. The highest BCUT2D eigenvalue weighted by Gasteiger charge is 2.39. The van der Waals surface area contributed by atoms with Crippen LogP contribution in [0.3, 0.4) is 0 Å².